The highest BCUT2D eigenvalue weighted by Crippen LogP contribution is 2.08. The van der Waals surface area contributed by atoms with Crippen molar-refractivity contribution in [2.45, 2.75) is 58.7 Å². The second-order valence-electron chi connectivity index (χ2n) is 5.10. The number of methoxy groups -OCH3 is 1. The molecule has 0 amide bonds. The number of esters is 1. The van der Waals surface area contributed by atoms with Crippen LogP contribution in [0.1, 0.15) is 41.0 Å². The van der Waals surface area contributed by atoms with E-state index in [9.17, 15) is 4.79 Å². The molecule has 0 aliphatic carbocycles. The number of carbonyl (C=O) groups is 1. The maximum Gasteiger partial charge on any atom is 0.323 e. The van der Waals surface area contributed by atoms with Crippen LogP contribution >= 0.6 is 0 Å². The Balaban J connectivity index is 3.95. The first-order valence-corrected chi connectivity index (χ1v) is 5.74. The molecular formula is C12H25NO3. The zero-order valence-corrected chi connectivity index (χ0v) is 11.3. The third kappa shape index (κ3) is 7.65. The molecule has 0 radical (unpaired) electrons. The summed E-state index contributed by atoms with van der Waals surface area (Å²) in [6.45, 7) is 10.1. The van der Waals surface area contributed by atoms with E-state index in [4.69, 9.17) is 9.47 Å². The van der Waals surface area contributed by atoms with E-state index in [1.807, 2.05) is 34.6 Å². The Morgan fingerprint density at radius 2 is 1.88 bits per heavy atom. The lowest BCUT2D eigenvalue weighted by Crippen LogP contribution is -2.43. The van der Waals surface area contributed by atoms with Gasteiger partial charge in [0, 0.05) is 19.8 Å². The zero-order chi connectivity index (χ0) is 12.8. The number of rotatable bonds is 6. The first kappa shape index (κ1) is 15.4. The first-order valence-electron chi connectivity index (χ1n) is 5.74. The molecule has 0 heterocycles. The molecule has 16 heavy (non-hydrogen) atoms. The van der Waals surface area contributed by atoms with Gasteiger partial charge in [-0.05, 0) is 41.0 Å². The van der Waals surface area contributed by atoms with Crippen molar-refractivity contribution in [3.8, 4) is 0 Å². The maximum atomic E-state index is 11.7. The summed E-state index contributed by atoms with van der Waals surface area (Å²) < 4.78 is 10.3. The van der Waals surface area contributed by atoms with Crippen molar-refractivity contribution in [2.24, 2.45) is 0 Å². The van der Waals surface area contributed by atoms with Gasteiger partial charge in [-0.15, -0.1) is 0 Å². The number of hydrogen-bond donors (Lipinski definition) is 1. The Bertz CT molecular complexity index is 211. The van der Waals surface area contributed by atoms with Crippen LogP contribution in [0.25, 0.3) is 0 Å². The third-order valence-electron chi connectivity index (χ3n) is 2.05. The highest BCUT2D eigenvalue weighted by atomic mass is 16.6. The van der Waals surface area contributed by atoms with E-state index in [1.165, 1.54) is 0 Å². The fraction of sp³-hybridized carbons (Fsp3) is 0.917. The molecule has 0 rings (SSSR count). The molecule has 0 saturated heterocycles. The second-order valence-corrected chi connectivity index (χ2v) is 5.10. The van der Waals surface area contributed by atoms with Crippen molar-refractivity contribution in [2.75, 3.05) is 13.7 Å². The van der Waals surface area contributed by atoms with Crippen molar-refractivity contribution in [3.05, 3.63) is 0 Å². The number of carbonyl (C=O) groups excluding carboxylic acids is 1. The summed E-state index contributed by atoms with van der Waals surface area (Å²) in [7, 11) is 1.67. The number of hydrogen-bond acceptors (Lipinski definition) is 4. The van der Waals surface area contributed by atoms with Gasteiger partial charge in [-0.25, -0.2) is 0 Å². The van der Waals surface area contributed by atoms with Crippen molar-refractivity contribution in [1.82, 2.24) is 5.32 Å². The highest BCUT2D eigenvalue weighted by Gasteiger charge is 2.22. The number of nitrogens with one attached hydrogen (secondary N) is 1. The predicted molar refractivity (Wildman–Crippen MR) is 64.4 cm³/mol. The van der Waals surface area contributed by atoms with Crippen molar-refractivity contribution >= 4 is 5.97 Å². The molecule has 2 atom stereocenters. The summed E-state index contributed by atoms with van der Waals surface area (Å²) in [5, 5.41) is 3.18. The lowest BCUT2D eigenvalue weighted by Gasteiger charge is -2.24. The normalized spacial score (nSPS) is 15.6. The van der Waals surface area contributed by atoms with E-state index in [0.29, 0.717) is 6.61 Å². The minimum Gasteiger partial charge on any atom is -0.459 e. The van der Waals surface area contributed by atoms with Gasteiger partial charge in [0.15, 0.2) is 0 Å². The van der Waals surface area contributed by atoms with E-state index in [2.05, 4.69) is 5.32 Å². The fourth-order valence-electron chi connectivity index (χ4n) is 1.26. The molecule has 4 heteroatoms. The topological polar surface area (TPSA) is 47.6 Å². The largest absolute Gasteiger partial charge is 0.459 e. The maximum absolute atomic E-state index is 11.7. The summed E-state index contributed by atoms with van der Waals surface area (Å²) in [5.74, 6) is -0.211. The van der Waals surface area contributed by atoms with Gasteiger partial charge < -0.3 is 14.8 Å². The van der Waals surface area contributed by atoms with Crippen molar-refractivity contribution in [1.29, 1.82) is 0 Å². The van der Waals surface area contributed by atoms with Gasteiger partial charge in [0.25, 0.3) is 0 Å². The molecule has 0 aromatic heterocycles. The molecule has 0 spiro atoms. The quantitative estimate of drug-likeness (QED) is 0.707. The third-order valence-corrected chi connectivity index (χ3v) is 2.05. The van der Waals surface area contributed by atoms with Gasteiger partial charge in [-0.2, -0.15) is 0 Å². The summed E-state index contributed by atoms with van der Waals surface area (Å²) in [6, 6.07) is -0.0476. The summed E-state index contributed by atoms with van der Waals surface area (Å²) in [5.41, 5.74) is -0.428. The van der Waals surface area contributed by atoms with E-state index < -0.39 is 5.60 Å². The van der Waals surface area contributed by atoms with Gasteiger partial charge in [0.05, 0.1) is 0 Å². The van der Waals surface area contributed by atoms with Gasteiger partial charge >= 0.3 is 5.97 Å². The Morgan fingerprint density at radius 1 is 1.31 bits per heavy atom. The molecule has 0 aliphatic rings. The highest BCUT2D eigenvalue weighted by molar-refractivity contribution is 5.75. The standard InChI is InChI=1S/C12H25NO3/c1-9(7-8-15-6)13-10(2)11(14)16-12(3,4)5/h9-10,13H,7-8H2,1-6H3. The molecule has 0 saturated carbocycles. The van der Waals surface area contributed by atoms with Crippen LogP contribution in [-0.2, 0) is 14.3 Å². The average Bonchev–Trinajstić information content (AvgIpc) is 2.11. The zero-order valence-electron chi connectivity index (χ0n) is 11.3. The van der Waals surface area contributed by atoms with Crippen LogP contribution in [0, 0.1) is 0 Å². The molecule has 4 nitrogen and oxygen atoms in total. The van der Waals surface area contributed by atoms with Gasteiger partial charge in [0.2, 0.25) is 0 Å². The number of ether oxygens (including phenoxy) is 2. The van der Waals surface area contributed by atoms with E-state index >= 15 is 0 Å². The molecule has 0 fully saturated rings. The molecule has 2 unspecified atom stereocenters. The van der Waals surface area contributed by atoms with Gasteiger partial charge in [0.1, 0.15) is 11.6 Å². The Kier molecular flexibility index (Phi) is 6.60. The molecule has 0 aromatic carbocycles. The second kappa shape index (κ2) is 6.86. The van der Waals surface area contributed by atoms with Crippen LogP contribution in [0.5, 0.6) is 0 Å². The van der Waals surface area contributed by atoms with Crippen molar-refractivity contribution in [3.63, 3.8) is 0 Å². The molecular weight excluding hydrogens is 206 g/mol. The van der Waals surface area contributed by atoms with Crippen LogP contribution < -0.4 is 5.32 Å². The minimum atomic E-state index is -0.428. The van der Waals surface area contributed by atoms with Crippen LogP contribution in [-0.4, -0.2) is 37.4 Å². The Morgan fingerprint density at radius 3 is 2.31 bits per heavy atom. The van der Waals surface area contributed by atoms with E-state index in [0.717, 1.165) is 6.42 Å². The average molecular weight is 231 g/mol. The lowest BCUT2D eigenvalue weighted by atomic mass is 10.2. The van der Waals surface area contributed by atoms with Crippen molar-refractivity contribution < 1.29 is 14.3 Å². The molecule has 0 aromatic rings. The summed E-state index contributed by atoms with van der Waals surface area (Å²) in [6.07, 6.45) is 0.879. The lowest BCUT2D eigenvalue weighted by molar-refractivity contribution is -0.157. The van der Waals surface area contributed by atoms with Crippen LogP contribution in [0.15, 0.2) is 0 Å². The van der Waals surface area contributed by atoms with Crippen LogP contribution in [0.2, 0.25) is 0 Å². The van der Waals surface area contributed by atoms with Crippen LogP contribution in [0.4, 0.5) is 0 Å². The summed E-state index contributed by atoms with van der Waals surface area (Å²) >= 11 is 0. The molecule has 1 N–H and O–H groups in total. The molecule has 0 aliphatic heterocycles. The van der Waals surface area contributed by atoms with Gasteiger partial charge in [-0.3, -0.25) is 4.79 Å². The molecule has 96 valence electrons. The Labute approximate surface area is 98.7 Å². The fourth-order valence-corrected chi connectivity index (χ4v) is 1.26. The van der Waals surface area contributed by atoms with E-state index in [1.54, 1.807) is 7.11 Å². The summed E-state index contributed by atoms with van der Waals surface area (Å²) in [4.78, 5) is 11.7. The minimum absolute atomic E-state index is 0.211. The Hall–Kier alpha value is -0.610. The SMILES string of the molecule is COCCC(C)NC(C)C(=O)OC(C)(C)C. The van der Waals surface area contributed by atoms with Crippen LogP contribution in [0.3, 0.4) is 0 Å². The molecule has 0 bridgehead atoms. The van der Waals surface area contributed by atoms with Gasteiger partial charge in [-0.1, -0.05) is 0 Å². The monoisotopic (exact) mass is 231 g/mol. The van der Waals surface area contributed by atoms with E-state index in [-0.39, 0.29) is 18.1 Å². The smallest absolute Gasteiger partial charge is 0.323 e. The predicted octanol–water partition coefficient (Wildman–Crippen LogP) is 1.73. The first-order chi connectivity index (χ1) is 7.26.